The Labute approximate surface area is 88.0 Å². The summed E-state index contributed by atoms with van der Waals surface area (Å²) in [6.45, 7) is 0. The topological polar surface area (TPSA) is 18.5 Å². The van der Waals surface area contributed by atoms with E-state index in [1.807, 2.05) is 0 Å². The Bertz CT molecular complexity index is 365. The van der Waals surface area contributed by atoms with E-state index in [0.717, 1.165) is 19.3 Å². The third kappa shape index (κ3) is 0.962. The van der Waals surface area contributed by atoms with Gasteiger partial charge in [0.25, 0.3) is 0 Å². The Morgan fingerprint density at radius 3 is 2.77 bits per heavy atom. The summed E-state index contributed by atoms with van der Waals surface area (Å²) in [6.07, 6.45) is 1.83. The van der Waals surface area contributed by atoms with Gasteiger partial charge in [-0.25, -0.2) is 0 Å². The van der Waals surface area contributed by atoms with Gasteiger partial charge in [0.15, 0.2) is 0 Å². The first-order chi connectivity index (χ1) is 8.66. The molecule has 0 amide bonds. The first-order valence-electron chi connectivity index (χ1n) is 8.01. The molecule has 0 saturated heterocycles. The minimum Gasteiger partial charge on any atom is -0.381 e. The van der Waals surface area contributed by atoms with Crippen LogP contribution in [0.15, 0.2) is 0 Å². The minimum atomic E-state index is -2.42. The molecule has 2 unspecified atom stereocenters. The fourth-order valence-electron chi connectivity index (χ4n) is 3.68. The van der Waals surface area contributed by atoms with Crippen LogP contribution in [0.25, 0.3) is 0 Å². The highest BCUT2D eigenvalue weighted by atomic mass is 16.5. The van der Waals surface area contributed by atoms with Crippen molar-refractivity contribution in [1.29, 1.82) is 0 Å². The fraction of sp³-hybridized carbons (Fsp3) is 1.00. The van der Waals surface area contributed by atoms with Crippen LogP contribution in [-0.2, 0) is 9.47 Å². The summed E-state index contributed by atoms with van der Waals surface area (Å²) in [6, 6.07) is 0. The van der Waals surface area contributed by atoms with Crippen molar-refractivity contribution in [3.63, 3.8) is 0 Å². The van der Waals surface area contributed by atoms with Gasteiger partial charge in [-0.15, -0.1) is 0 Å². The molecule has 3 aliphatic carbocycles. The van der Waals surface area contributed by atoms with Gasteiger partial charge in [-0.3, -0.25) is 0 Å². The smallest absolute Gasteiger partial charge is 0.0657 e. The molecule has 0 aromatic rings. The average molecular weight is 188 g/mol. The minimum absolute atomic E-state index is 0.0964. The molecular weight excluding hydrogens is 164 g/mol. The normalized spacial score (nSPS) is 66.5. The Hall–Kier alpha value is -0.0800. The van der Waals surface area contributed by atoms with E-state index in [1.165, 1.54) is 0 Å². The van der Waals surface area contributed by atoms with Gasteiger partial charge in [-0.1, -0.05) is 0 Å². The molecule has 0 aromatic carbocycles. The lowest BCUT2D eigenvalue weighted by atomic mass is 9.79. The van der Waals surface area contributed by atoms with Gasteiger partial charge >= 0.3 is 0 Å². The van der Waals surface area contributed by atoms with Gasteiger partial charge in [0.05, 0.1) is 20.4 Å². The van der Waals surface area contributed by atoms with Crippen LogP contribution >= 0.6 is 0 Å². The van der Waals surface area contributed by atoms with Gasteiger partial charge in [0, 0.05) is 20.0 Å². The van der Waals surface area contributed by atoms with Crippen molar-refractivity contribution in [3.8, 4) is 0 Å². The van der Waals surface area contributed by atoms with Crippen molar-refractivity contribution in [2.45, 2.75) is 31.5 Å². The van der Waals surface area contributed by atoms with Crippen LogP contribution in [0.4, 0.5) is 0 Å². The lowest BCUT2D eigenvalue weighted by Gasteiger charge is -2.37. The molecule has 0 heterocycles. The molecule has 0 radical (unpaired) electrons. The molecule has 0 aromatic heterocycles. The Balaban J connectivity index is 1.76. The second-order valence-corrected chi connectivity index (χ2v) is 4.62. The fourth-order valence-corrected chi connectivity index (χ4v) is 3.68. The number of hydrogen-bond acceptors (Lipinski definition) is 2. The van der Waals surface area contributed by atoms with Crippen LogP contribution in [0.1, 0.15) is 27.5 Å². The van der Waals surface area contributed by atoms with E-state index in [-0.39, 0.29) is 12.0 Å². The largest absolute Gasteiger partial charge is 0.381 e. The summed E-state index contributed by atoms with van der Waals surface area (Å²) in [4.78, 5) is 0. The third-order valence-corrected chi connectivity index (χ3v) is 4.30. The zero-order valence-electron chi connectivity index (χ0n) is 13.4. The van der Waals surface area contributed by atoms with Crippen LogP contribution < -0.4 is 0 Å². The second-order valence-electron chi connectivity index (χ2n) is 4.62. The zero-order valence-corrected chi connectivity index (χ0v) is 7.40. The maximum absolute atomic E-state index is 7.26. The Kier molecular flexibility index (Phi) is 0.873. The Morgan fingerprint density at radius 2 is 1.92 bits per heavy atom. The second kappa shape index (κ2) is 2.71. The van der Waals surface area contributed by atoms with E-state index in [1.54, 1.807) is 0 Å². The van der Waals surface area contributed by atoms with Crippen molar-refractivity contribution in [2.24, 2.45) is 23.7 Å². The van der Waals surface area contributed by atoms with Gasteiger partial charge in [-0.05, 0) is 37.0 Å². The Morgan fingerprint density at radius 1 is 1.08 bits per heavy atom. The van der Waals surface area contributed by atoms with Crippen molar-refractivity contribution in [1.82, 2.24) is 0 Å². The van der Waals surface area contributed by atoms with E-state index in [0.29, 0.717) is 17.8 Å². The first kappa shape index (κ1) is 4.19. The summed E-state index contributed by atoms with van der Waals surface area (Å²) in [5.41, 5.74) is 0. The molecular formula is C11H18O2. The molecule has 0 aliphatic heterocycles. The van der Waals surface area contributed by atoms with E-state index in [4.69, 9.17) is 17.7 Å². The molecule has 3 rings (SSSR count). The third-order valence-electron chi connectivity index (χ3n) is 4.30. The number of hydrogen-bond donors (Lipinski definition) is 0. The highest BCUT2D eigenvalue weighted by Crippen LogP contribution is 2.64. The SMILES string of the molecule is [2H]C([2H])([2H])O[C@@H]1C2C3C[C@@H](OC([2H])([2H])[2H])[C@H]1CC[C@@H]32. The number of methoxy groups -OCH3 is 2. The maximum Gasteiger partial charge on any atom is 0.0657 e. The molecule has 6 atom stereocenters. The summed E-state index contributed by atoms with van der Waals surface area (Å²) >= 11 is 0. The van der Waals surface area contributed by atoms with E-state index in [9.17, 15) is 0 Å². The summed E-state index contributed by atoms with van der Waals surface area (Å²) < 4.78 is 53.9. The van der Waals surface area contributed by atoms with Gasteiger partial charge in [-0.2, -0.15) is 0 Å². The number of ether oxygens (including phenoxy) is 2. The molecule has 2 nitrogen and oxygen atoms in total. The van der Waals surface area contributed by atoms with Crippen molar-refractivity contribution >= 4 is 0 Å². The lowest BCUT2D eigenvalue weighted by Crippen LogP contribution is -2.41. The molecule has 74 valence electrons. The van der Waals surface area contributed by atoms with Crippen LogP contribution in [0.3, 0.4) is 0 Å². The quantitative estimate of drug-likeness (QED) is 0.656. The summed E-state index contributed by atoms with van der Waals surface area (Å²) in [5.74, 6) is 1.10. The summed E-state index contributed by atoms with van der Waals surface area (Å²) in [7, 11) is -4.84. The number of fused-ring (bicyclic) bond motifs is 2. The van der Waals surface area contributed by atoms with Crippen LogP contribution in [-0.4, -0.2) is 26.3 Å². The van der Waals surface area contributed by atoms with Gasteiger partial charge < -0.3 is 9.47 Å². The molecule has 3 aliphatic rings. The molecule has 3 fully saturated rings. The lowest BCUT2D eigenvalue weighted by molar-refractivity contribution is -0.0777. The van der Waals surface area contributed by atoms with Crippen LogP contribution in [0.5, 0.6) is 0 Å². The maximum atomic E-state index is 7.26. The van der Waals surface area contributed by atoms with E-state index >= 15 is 0 Å². The zero-order chi connectivity index (χ0) is 14.0. The molecule has 3 saturated carbocycles. The van der Waals surface area contributed by atoms with Crippen molar-refractivity contribution in [3.05, 3.63) is 0 Å². The van der Waals surface area contributed by atoms with E-state index in [2.05, 4.69) is 0 Å². The molecule has 2 heteroatoms. The molecule has 2 bridgehead atoms. The molecule has 0 spiro atoms. The van der Waals surface area contributed by atoms with Crippen LogP contribution in [0, 0.1) is 23.7 Å². The average Bonchev–Trinajstić information content (AvgIpc) is 2.88. The highest BCUT2D eigenvalue weighted by molar-refractivity contribution is 5.12. The summed E-state index contributed by atoms with van der Waals surface area (Å²) in [5, 5.41) is 0. The van der Waals surface area contributed by atoms with Crippen molar-refractivity contribution < 1.29 is 17.7 Å². The monoisotopic (exact) mass is 188 g/mol. The number of rotatable bonds is 2. The van der Waals surface area contributed by atoms with Gasteiger partial charge in [0.2, 0.25) is 0 Å². The highest BCUT2D eigenvalue weighted by Gasteiger charge is 2.63. The van der Waals surface area contributed by atoms with Crippen molar-refractivity contribution in [2.75, 3.05) is 14.1 Å². The molecule has 13 heavy (non-hydrogen) atoms. The van der Waals surface area contributed by atoms with E-state index < -0.39 is 20.2 Å². The van der Waals surface area contributed by atoms with Gasteiger partial charge in [0.1, 0.15) is 0 Å². The van der Waals surface area contributed by atoms with Crippen LogP contribution in [0.2, 0.25) is 0 Å². The molecule has 0 N–H and O–H groups in total. The predicted octanol–water partition coefficient (Wildman–Crippen LogP) is 1.69. The standard InChI is InChI=1S/C11H18O2/c1-12-9-5-8-6-3-4-7(9)11(13-2)10(6)8/h6-11H,3-5H2,1-2H3/t6-,7+,8?,9+,10?,11-/m0/s1/i1D3,2D3. The first-order valence-corrected chi connectivity index (χ1v) is 5.01. The predicted molar refractivity (Wildman–Crippen MR) is 49.4 cm³/mol.